The summed E-state index contributed by atoms with van der Waals surface area (Å²) in [5.41, 5.74) is 1.53. The minimum absolute atomic E-state index is 0.0871. The number of nitrogens with one attached hydrogen (secondary N) is 2. The lowest BCUT2D eigenvalue weighted by Gasteiger charge is -2.38. The maximum atomic E-state index is 12.5. The van der Waals surface area contributed by atoms with E-state index in [1.807, 2.05) is 18.2 Å². The number of benzene rings is 2. The molecule has 32 heavy (non-hydrogen) atoms. The average molecular weight is 441 g/mol. The van der Waals surface area contributed by atoms with Crippen LogP contribution in [0.25, 0.3) is 0 Å². The van der Waals surface area contributed by atoms with Crippen LogP contribution in [-0.4, -0.2) is 75.3 Å². The van der Waals surface area contributed by atoms with Gasteiger partial charge in [0, 0.05) is 38.4 Å². The third kappa shape index (κ3) is 5.12. The molecule has 2 aromatic carbocycles. The van der Waals surface area contributed by atoms with Gasteiger partial charge >= 0.3 is 11.8 Å². The highest BCUT2D eigenvalue weighted by molar-refractivity contribution is 6.39. The lowest BCUT2D eigenvalue weighted by molar-refractivity contribution is -0.136. The number of hydrogen-bond donors (Lipinski definition) is 2. The molecule has 170 valence electrons. The molecule has 1 fully saturated rings. The molecule has 9 nitrogen and oxygen atoms in total. The monoisotopic (exact) mass is 440 g/mol. The predicted octanol–water partition coefficient (Wildman–Crippen LogP) is 1.47. The summed E-state index contributed by atoms with van der Waals surface area (Å²) < 4.78 is 16.1. The highest BCUT2D eigenvalue weighted by atomic mass is 16.7. The Morgan fingerprint density at radius 2 is 1.72 bits per heavy atom. The molecular formula is C23H28N4O5. The van der Waals surface area contributed by atoms with Gasteiger partial charge in [-0.25, -0.2) is 0 Å². The number of fused-ring (bicyclic) bond motifs is 1. The van der Waals surface area contributed by atoms with E-state index in [4.69, 9.17) is 14.2 Å². The Labute approximate surface area is 187 Å². The number of amides is 2. The first-order chi connectivity index (χ1) is 15.5. The van der Waals surface area contributed by atoms with Crippen LogP contribution in [0.5, 0.6) is 17.2 Å². The molecule has 0 unspecified atom stereocenters. The first kappa shape index (κ1) is 21.9. The van der Waals surface area contributed by atoms with E-state index in [1.165, 1.54) is 0 Å². The summed E-state index contributed by atoms with van der Waals surface area (Å²) in [6.07, 6.45) is 0. The lowest BCUT2D eigenvalue weighted by Crippen LogP contribution is -2.49. The quantitative estimate of drug-likeness (QED) is 0.657. The summed E-state index contributed by atoms with van der Waals surface area (Å²) in [5.74, 6) is 0.698. The Bertz CT molecular complexity index is 957. The van der Waals surface area contributed by atoms with E-state index >= 15 is 0 Å². The number of carbonyl (C=O) groups is 2. The molecule has 0 saturated carbocycles. The second kappa shape index (κ2) is 9.88. The van der Waals surface area contributed by atoms with Crippen LogP contribution in [0.15, 0.2) is 42.5 Å². The number of methoxy groups -OCH3 is 1. The van der Waals surface area contributed by atoms with Crippen molar-refractivity contribution < 1.29 is 23.8 Å². The maximum Gasteiger partial charge on any atom is 0.313 e. The molecule has 1 atom stereocenters. The van der Waals surface area contributed by atoms with Gasteiger partial charge in [-0.15, -0.1) is 0 Å². The first-order valence-electron chi connectivity index (χ1n) is 10.6. The number of likely N-dealkylation sites (N-methyl/N-ethyl adjacent to an activating group) is 1. The minimum Gasteiger partial charge on any atom is -0.497 e. The zero-order valence-corrected chi connectivity index (χ0v) is 18.3. The van der Waals surface area contributed by atoms with Gasteiger partial charge in [0.25, 0.3) is 0 Å². The molecule has 0 aliphatic carbocycles. The summed E-state index contributed by atoms with van der Waals surface area (Å²) in [6.45, 7) is 4.12. The summed E-state index contributed by atoms with van der Waals surface area (Å²) in [4.78, 5) is 29.5. The molecule has 4 rings (SSSR count). The number of anilines is 1. The molecule has 2 heterocycles. The van der Waals surface area contributed by atoms with Crippen molar-refractivity contribution in [3.05, 3.63) is 48.0 Å². The van der Waals surface area contributed by atoms with Crippen LogP contribution in [0.3, 0.4) is 0 Å². The van der Waals surface area contributed by atoms with Crippen molar-refractivity contribution in [2.45, 2.75) is 6.04 Å². The smallest absolute Gasteiger partial charge is 0.313 e. The van der Waals surface area contributed by atoms with Crippen molar-refractivity contribution in [1.29, 1.82) is 0 Å². The highest BCUT2D eigenvalue weighted by Gasteiger charge is 2.27. The normalized spacial score (nSPS) is 16.9. The number of piperazine rings is 1. The van der Waals surface area contributed by atoms with Crippen LogP contribution in [-0.2, 0) is 9.59 Å². The van der Waals surface area contributed by atoms with Crippen molar-refractivity contribution in [2.75, 3.05) is 59.0 Å². The summed E-state index contributed by atoms with van der Waals surface area (Å²) >= 11 is 0. The summed E-state index contributed by atoms with van der Waals surface area (Å²) in [7, 11) is 3.66. The molecule has 2 amide bonds. The Hall–Kier alpha value is -3.30. The molecule has 9 heteroatoms. The largest absolute Gasteiger partial charge is 0.497 e. The molecule has 2 N–H and O–H groups in total. The van der Waals surface area contributed by atoms with Crippen molar-refractivity contribution >= 4 is 17.5 Å². The average Bonchev–Trinajstić information content (AvgIpc) is 3.28. The van der Waals surface area contributed by atoms with Crippen molar-refractivity contribution in [3.8, 4) is 17.2 Å². The summed E-state index contributed by atoms with van der Waals surface area (Å²) in [5, 5.41) is 5.41. The van der Waals surface area contributed by atoms with E-state index in [1.54, 1.807) is 31.4 Å². The standard InChI is InChI=1S/C23H28N4O5/c1-26-9-11-27(12-10-26)19(16-3-8-20-21(13-16)32-15-31-20)14-24-22(28)23(29)25-17-4-6-18(30-2)7-5-17/h3-8,13,19H,9-12,14-15H2,1-2H3,(H,24,28)(H,25,29)/t19-/m0/s1. The van der Waals surface area contributed by atoms with Crippen LogP contribution in [0.2, 0.25) is 0 Å². The van der Waals surface area contributed by atoms with Gasteiger partial charge in [0.05, 0.1) is 13.2 Å². The molecule has 2 aromatic rings. The fourth-order valence-corrected chi connectivity index (χ4v) is 3.84. The number of hydrogen-bond acceptors (Lipinski definition) is 7. The Morgan fingerprint density at radius 1 is 1.00 bits per heavy atom. The third-order valence-electron chi connectivity index (χ3n) is 5.77. The van der Waals surface area contributed by atoms with E-state index in [0.29, 0.717) is 29.5 Å². The zero-order valence-electron chi connectivity index (χ0n) is 18.3. The first-order valence-corrected chi connectivity index (χ1v) is 10.6. The molecule has 2 aliphatic heterocycles. The number of nitrogens with zero attached hydrogens (tertiary/aromatic N) is 2. The van der Waals surface area contributed by atoms with E-state index in [-0.39, 0.29) is 12.8 Å². The SMILES string of the molecule is COc1ccc(NC(=O)C(=O)NC[C@@H](c2ccc3c(c2)OCO3)N2CCN(C)CC2)cc1. The van der Waals surface area contributed by atoms with Gasteiger partial charge in [-0.1, -0.05) is 6.07 Å². The maximum absolute atomic E-state index is 12.5. The van der Waals surface area contributed by atoms with Gasteiger partial charge in [-0.2, -0.15) is 0 Å². The minimum atomic E-state index is -0.710. The third-order valence-corrected chi connectivity index (χ3v) is 5.77. The molecule has 0 spiro atoms. The van der Waals surface area contributed by atoms with E-state index < -0.39 is 11.8 Å². The van der Waals surface area contributed by atoms with Gasteiger partial charge in [0.15, 0.2) is 11.5 Å². The zero-order chi connectivity index (χ0) is 22.5. The van der Waals surface area contributed by atoms with E-state index in [0.717, 1.165) is 31.7 Å². The van der Waals surface area contributed by atoms with Gasteiger partial charge < -0.3 is 29.7 Å². The van der Waals surface area contributed by atoms with Crippen LogP contribution in [0.4, 0.5) is 5.69 Å². The molecule has 0 aromatic heterocycles. The van der Waals surface area contributed by atoms with Gasteiger partial charge in [-0.3, -0.25) is 14.5 Å². The number of carbonyl (C=O) groups excluding carboxylic acids is 2. The van der Waals surface area contributed by atoms with Gasteiger partial charge in [0.1, 0.15) is 5.75 Å². The van der Waals surface area contributed by atoms with Crippen molar-refractivity contribution in [2.24, 2.45) is 0 Å². The van der Waals surface area contributed by atoms with Crippen molar-refractivity contribution in [3.63, 3.8) is 0 Å². The fraction of sp³-hybridized carbons (Fsp3) is 0.391. The molecule has 1 saturated heterocycles. The van der Waals surface area contributed by atoms with Crippen LogP contribution in [0.1, 0.15) is 11.6 Å². The molecule has 0 bridgehead atoms. The second-order valence-electron chi connectivity index (χ2n) is 7.86. The van der Waals surface area contributed by atoms with Crippen molar-refractivity contribution in [1.82, 2.24) is 15.1 Å². The molecule has 2 aliphatic rings. The van der Waals surface area contributed by atoms with E-state index in [2.05, 4.69) is 27.5 Å². The van der Waals surface area contributed by atoms with E-state index in [9.17, 15) is 9.59 Å². The van der Waals surface area contributed by atoms with Crippen LogP contribution < -0.4 is 24.8 Å². The van der Waals surface area contributed by atoms with Crippen LogP contribution in [0, 0.1) is 0 Å². The lowest BCUT2D eigenvalue weighted by atomic mass is 10.0. The topological polar surface area (TPSA) is 92.4 Å². The Balaban J connectivity index is 1.42. The van der Waals surface area contributed by atoms with Crippen LogP contribution >= 0.6 is 0 Å². The number of ether oxygens (including phenoxy) is 3. The Morgan fingerprint density at radius 3 is 2.44 bits per heavy atom. The molecular weight excluding hydrogens is 412 g/mol. The summed E-state index contributed by atoms with van der Waals surface area (Å²) in [6, 6.07) is 12.5. The number of rotatable bonds is 6. The molecule has 0 radical (unpaired) electrons. The predicted molar refractivity (Wildman–Crippen MR) is 119 cm³/mol. The van der Waals surface area contributed by atoms with Gasteiger partial charge in [0.2, 0.25) is 6.79 Å². The van der Waals surface area contributed by atoms with Gasteiger partial charge in [-0.05, 0) is 49.0 Å². The highest BCUT2D eigenvalue weighted by Crippen LogP contribution is 2.35. The second-order valence-corrected chi connectivity index (χ2v) is 7.86. The fourth-order valence-electron chi connectivity index (χ4n) is 3.84. The Kier molecular flexibility index (Phi) is 6.77.